The van der Waals surface area contributed by atoms with E-state index in [1.807, 2.05) is 36.4 Å². The van der Waals surface area contributed by atoms with E-state index in [0.29, 0.717) is 24.0 Å². The van der Waals surface area contributed by atoms with Crippen LogP contribution in [0.2, 0.25) is 0 Å². The maximum atomic E-state index is 12.3. The van der Waals surface area contributed by atoms with Crippen molar-refractivity contribution in [1.82, 2.24) is 20.3 Å². The molecule has 0 fully saturated rings. The number of amides is 2. The molecule has 3 rings (SSSR count). The summed E-state index contributed by atoms with van der Waals surface area (Å²) in [4.78, 5) is 12.3. The summed E-state index contributed by atoms with van der Waals surface area (Å²) in [5.74, 6) is 1.96. The number of urea groups is 1. The molecule has 0 bridgehead atoms. The summed E-state index contributed by atoms with van der Waals surface area (Å²) in [7, 11) is 1.79. The van der Waals surface area contributed by atoms with Crippen LogP contribution in [0.4, 0.5) is 10.6 Å². The molecule has 2 amide bonds. The number of carbonyl (C=O) groups is 1. The number of carbonyl (C=O) groups excluding carboxylic acids is 1. The average molecular weight is 353 g/mol. The first-order chi connectivity index (χ1) is 12.5. The molecule has 0 saturated carbocycles. The van der Waals surface area contributed by atoms with Gasteiger partial charge >= 0.3 is 6.03 Å². The normalized spacial score (nSPS) is 10.9. The van der Waals surface area contributed by atoms with Crippen molar-refractivity contribution in [3.8, 4) is 11.1 Å². The summed E-state index contributed by atoms with van der Waals surface area (Å²) in [6.45, 7) is 4.53. The van der Waals surface area contributed by atoms with Gasteiger partial charge in [0.05, 0.1) is 12.7 Å². The quantitative estimate of drug-likeness (QED) is 0.709. The standard InChI is InChI=1S/C19H23N5O2/c1-13(2)9-16-10-15(23-26-16)11-20-19(25)22-18-17(12-21-24(18)3)14-7-5-4-6-8-14/h4-8,10,12-13H,9,11H2,1-3H3,(H2,20,22,25). The summed E-state index contributed by atoms with van der Waals surface area (Å²) < 4.78 is 6.91. The Hall–Kier alpha value is -3.09. The van der Waals surface area contributed by atoms with Crippen molar-refractivity contribution in [2.75, 3.05) is 5.32 Å². The highest BCUT2D eigenvalue weighted by molar-refractivity contribution is 5.93. The third-order valence-corrected chi connectivity index (χ3v) is 3.90. The first-order valence-corrected chi connectivity index (χ1v) is 8.59. The van der Waals surface area contributed by atoms with Gasteiger partial charge in [-0.05, 0) is 11.5 Å². The SMILES string of the molecule is CC(C)Cc1cc(CNC(=O)Nc2c(-c3ccccc3)cnn2C)no1. The molecule has 1 aromatic carbocycles. The Morgan fingerprint density at radius 3 is 2.77 bits per heavy atom. The Balaban J connectivity index is 1.62. The number of nitrogens with zero attached hydrogens (tertiary/aromatic N) is 3. The van der Waals surface area contributed by atoms with E-state index in [2.05, 4.69) is 34.7 Å². The second-order valence-corrected chi connectivity index (χ2v) is 6.59. The Morgan fingerprint density at radius 2 is 2.04 bits per heavy atom. The number of hydrogen-bond acceptors (Lipinski definition) is 4. The number of anilines is 1. The molecule has 7 heteroatoms. The molecule has 0 unspecified atom stereocenters. The van der Waals surface area contributed by atoms with Gasteiger partial charge in [-0.15, -0.1) is 0 Å². The molecular weight excluding hydrogens is 330 g/mol. The Labute approximate surface area is 152 Å². The number of rotatable bonds is 6. The first-order valence-electron chi connectivity index (χ1n) is 8.59. The van der Waals surface area contributed by atoms with Crippen LogP contribution in [0.3, 0.4) is 0 Å². The highest BCUT2D eigenvalue weighted by Crippen LogP contribution is 2.26. The van der Waals surface area contributed by atoms with E-state index in [-0.39, 0.29) is 6.03 Å². The van der Waals surface area contributed by atoms with Gasteiger partial charge in [0.15, 0.2) is 0 Å². The minimum Gasteiger partial charge on any atom is -0.361 e. The number of hydrogen-bond donors (Lipinski definition) is 2. The van der Waals surface area contributed by atoms with E-state index in [1.54, 1.807) is 17.9 Å². The number of aromatic nitrogens is 3. The number of nitrogens with one attached hydrogen (secondary N) is 2. The highest BCUT2D eigenvalue weighted by atomic mass is 16.5. The average Bonchev–Trinajstić information content (AvgIpc) is 3.20. The molecule has 7 nitrogen and oxygen atoms in total. The molecule has 0 atom stereocenters. The lowest BCUT2D eigenvalue weighted by Gasteiger charge is -2.09. The predicted molar refractivity (Wildman–Crippen MR) is 99.5 cm³/mol. The van der Waals surface area contributed by atoms with Crippen molar-refractivity contribution < 1.29 is 9.32 Å². The Bertz CT molecular complexity index is 867. The second kappa shape index (κ2) is 7.86. The fraction of sp³-hybridized carbons (Fsp3) is 0.316. The van der Waals surface area contributed by atoms with Gasteiger partial charge in [0.25, 0.3) is 0 Å². The Morgan fingerprint density at radius 1 is 1.27 bits per heavy atom. The van der Waals surface area contributed by atoms with Crippen LogP contribution >= 0.6 is 0 Å². The van der Waals surface area contributed by atoms with Crippen molar-refractivity contribution in [2.45, 2.75) is 26.8 Å². The first kappa shape index (κ1) is 17.7. The molecule has 3 aromatic rings. The van der Waals surface area contributed by atoms with E-state index in [9.17, 15) is 4.79 Å². The molecule has 2 N–H and O–H groups in total. The van der Waals surface area contributed by atoms with Crippen LogP contribution < -0.4 is 10.6 Å². The molecular formula is C19H23N5O2. The molecule has 0 saturated heterocycles. The largest absolute Gasteiger partial charge is 0.361 e. The number of benzene rings is 1. The van der Waals surface area contributed by atoms with Gasteiger partial charge in [-0.3, -0.25) is 10.00 Å². The molecule has 2 aromatic heterocycles. The van der Waals surface area contributed by atoms with Crippen molar-refractivity contribution >= 4 is 11.8 Å². The summed E-state index contributed by atoms with van der Waals surface area (Å²) in [5, 5.41) is 13.9. The van der Waals surface area contributed by atoms with Gasteiger partial charge < -0.3 is 9.84 Å². The lowest BCUT2D eigenvalue weighted by molar-refractivity contribution is 0.251. The van der Waals surface area contributed by atoms with Gasteiger partial charge in [0.2, 0.25) is 0 Å². The summed E-state index contributed by atoms with van der Waals surface area (Å²) in [5.41, 5.74) is 2.55. The lowest BCUT2D eigenvalue weighted by atomic mass is 10.1. The van der Waals surface area contributed by atoms with Gasteiger partial charge in [-0.2, -0.15) is 5.10 Å². The lowest BCUT2D eigenvalue weighted by Crippen LogP contribution is -2.29. The van der Waals surface area contributed by atoms with Gasteiger partial charge in [-0.1, -0.05) is 49.3 Å². The third kappa shape index (κ3) is 4.30. The topological polar surface area (TPSA) is 85.0 Å². The monoisotopic (exact) mass is 353 g/mol. The van der Waals surface area contributed by atoms with E-state index in [1.165, 1.54) is 0 Å². The molecule has 0 aliphatic carbocycles. The summed E-state index contributed by atoms with van der Waals surface area (Å²) in [6.07, 6.45) is 2.56. The fourth-order valence-electron chi connectivity index (χ4n) is 2.67. The minimum absolute atomic E-state index is 0.298. The zero-order valence-corrected chi connectivity index (χ0v) is 15.2. The van der Waals surface area contributed by atoms with Gasteiger partial charge in [-0.25, -0.2) is 4.79 Å². The van der Waals surface area contributed by atoms with Crippen LogP contribution in [-0.4, -0.2) is 21.0 Å². The fourth-order valence-corrected chi connectivity index (χ4v) is 2.67. The van der Waals surface area contributed by atoms with E-state index >= 15 is 0 Å². The molecule has 26 heavy (non-hydrogen) atoms. The zero-order valence-electron chi connectivity index (χ0n) is 15.2. The molecule has 0 aliphatic rings. The van der Waals surface area contributed by atoms with E-state index in [0.717, 1.165) is 23.3 Å². The van der Waals surface area contributed by atoms with Crippen LogP contribution in [0.15, 0.2) is 47.1 Å². The van der Waals surface area contributed by atoms with Crippen LogP contribution in [0, 0.1) is 5.92 Å². The van der Waals surface area contributed by atoms with E-state index in [4.69, 9.17) is 4.52 Å². The van der Waals surface area contributed by atoms with Crippen molar-refractivity contribution in [3.63, 3.8) is 0 Å². The maximum absolute atomic E-state index is 12.3. The summed E-state index contributed by atoms with van der Waals surface area (Å²) in [6, 6.07) is 11.4. The molecule has 136 valence electrons. The maximum Gasteiger partial charge on any atom is 0.320 e. The van der Waals surface area contributed by atoms with E-state index < -0.39 is 0 Å². The third-order valence-electron chi connectivity index (χ3n) is 3.90. The highest BCUT2D eigenvalue weighted by Gasteiger charge is 2.14. The van der Waals surface area contributed by atoms with Gasteiger partial charge in [0.1, 0.15) is 17.3 Å². The van der Waals surface area contributed by atoms with Crippen molar-refractivity contribution in [3.05, 3.63) is 54.0 Å². The molecule has 0 aliphatic heterocycles. The predicted octanol–water partition coefficient (Wildman–Crippen LogP) is 3.60. The van der Waals surface area contributed by atoms with Crippen LogP contribution in [0.5, 0.6) is 0 Å². The van der Waals surface area contributed by atoms with Crippen LogP contribution in [-0.2, 0) is 20.0 Å². The molecule has 2 heterocycles. The molecule has 0 spiro atoms. The smallest absolute Gasteiger partial charge is 0.320 e. The van der Waals surface area contributed by atoms with Crippen molar-refractivity contribution in [1.29, 1.82) is 0 Å². The second-order valence-electron chi connectivity index (χ2n) is 6.59. The number of aryl methyl sites for hydroxylation is 1. The van der Waals surface area contributed by atoms with Crippen molar-refractivity contribution in [2.24, 2.45) is 13.0 Å². The van der Waals surface area contributed by atoms with Crippen LogP contribution in [0.25, 0.3) is 11.1 Å². The molecule has 0 radical (unpaired) electrons. The van der Waals surface area contributed by atoms with Crippen LogP contribution in [0.1, 0.15) is 25.3 Å². The van der Waals surface area contributed by atoms with Gasteiger partial charge in [0, 0.05) is 25.1 Å². The summed E-state index contributed by atoms with van der Waals surface area (Å²) >= 11 is 0. The zero-order chi connectivity index (χ0) is 18.5. The Kier molecular flexibility index (Phi) is 5.36. The minimum atomic E-state index is -0.320.